The lowest BCUT2D eigenvalue weighted by molar-refractivity contribution is -0.115. The van der Waals surface area contributed by atoms with Crippen LogP contribution in [0.15, 0.2) is 28.2 Å². The van der Waals surface area contributed by atoms with Gasteiger partial charge in [-0.1, -0.05) is 17.8 Å². The lowest BCUT2D eigenvalue weighted by Crippen LogP contribution is -2.26. The van der Waals surface area contributed by atoms with Crippen LogP contribution in [0.5, 0.6) is 0 Å². The number of thiophene rings is 1. The Bertz CT molecular complexity index is 1120. The van der Waals surface area contributed by atoms with Crippen LogP contribution in [-0.2, 0) is 11.3 Å². The van der Waals surface area contributed by atoms with Gasteiger partial charge >= 0.3 is 0 Å². The number of hydrogen-bond donors (Lipinski definition) is 1. The van der Waals surface area contributed by atoms with Crippen LogP contribution < -0.4 is 10.9 Å². The van der Waals surface area contributed by atoms with Crippen molar-refractivity contribution in [2.45, 2.75) is 51.6 Å². The monoisotopic (exact) mass is 419 g/mol. The van der Waals surface area contributed by atoms with Gasteiger partial charge in [0.15, 0.2) is 5.16 Å². The summed E-state index contributed by atoms with van der Waals surface area (Å²) >= 11 is 2.71. The maximum absolute atomic E-state index is 13.7. The fourth-order valence-electron chi connectivity index (χ4n) is 2.80. The quantitative estimate of drug-likeness (QED) is 0.482. The zero-order valence-electron chi connectivity index (χ0n) is 16.4. The van der Waals surface area contributed by atoms with Crippen LogP contribution in [0.25, 0.3) is 10.2 Å². The number of amides is 1. The molecule has 2 aromatic heterocycles. The molecule has 0 aliphatic carbocycles. The topological polar surface area (TPSA) is 64.0 Å². The molecule has 1 aromatic carbocycles. The molecule has 0 aliphatic rings. The first-order chi connectivity index (χ1) is 13.2. The van der Waals surface area contributed by atoms with Gasteiger partial charge in [-0.25, -0.2) is 9.37 Å². The summed E-state index contributed by atoms with van der Waals surface area (Å²) in [7, 11) is 0. The molecule has 2 heterocycles. The normalized spacial score (nSPS) is 12.4. The standard InChI is InChI=1S/C20H22FN3O2S2/c1-6-24-19(26)16-11(3)12(4)27-18(16)23-20(24)28-13(5)17(25)22-14-8-7-10(2)15(21)9-14/h7-9,13H,6H2,1-5H3,(H,22,25)/t13-/m1/s1. The van der Waals surface area contributed by atoms with Crippen molar-refractivity contribution in [3.63, 3.8) is 0 Å². The molecule has 0 aliphatic heterocycles. The third-order valence-electron chi connectivity index (χ3n) is 4.66. The number of halogens is 1. The summed E-state index contributed by atoms with van der Waals surface area (Å²) in [6.45, 7) is 9.66. The number of nitrogens with one attached hydrogen (secondary N) is 1. The van der Waals surface area contributed by atoms with Gasteiger partial charge in [-0.15, -0.1) is 11.3 Å². The van der Waals surface area contributed by atoms with E-state index in [4.69, 9.17) is 0 Å². The fraction of sp³-hybridized carbons (Fsp3) is 0.350. The largest absolute Gasteiger partial charge is 0.325 e. The molecule has 3 rings (SSSR count). The molecule has 0 radical (unpaired) electrons. The maximum atomic E-state index is 13.7. The van der Waals surface area contributed by atoms with Gasteiger partial charge in [0.05, 0.1) is 10.6 Å². The molecule has 1 N–H and O–H groups in total. The molecule has 3 aromatic rings. The number of thioether (sulfide) groups is 1. The molecule has 0 saturated heterocycles. The minimum atomic E-state index is -0.506. The number of aromatic nitrogens is 2. The number of nitrogens with zero attached hydrogens (tertiary/aromatic N) is 2. The smallest absolute Gasteiger partial charge is 0.263 e. The molecule has 1 amide bonds. The van der Waals surface area contributed by atoms with Crippen molar-refractivity contribution < 1.29 is 9.18 Å². The third kappa shape index (κ3) is 3.84. The molecule has 1 atom stereocenters. The predicted octanol–water partition coefficient (Wildman–Crippen LogP) is 4.66. The van der Waals surface area contributed by atoms with Gasteiger partial charge in [-0.05, 0) is 57.9 Å². The number of aryl methyl sites for hydroxylation is 3. The molecule has 148 valence electrons. The number of anilines is 1. The van der Waals surface area contributed by atoms with Crippen molar-refractivity contribution in [1.82, 2.24) is 9.55 Å². The Morgan fingerprint density at radius 1 is 1.36 bits per heavy atom. The Morgan fingerprint density at radius 3 is 2.71 bits per heavy atom. The molecule has 8 heteroatoms. The Kier molecular flexibility index (Phi) is 5.90. The van der Waals surface area contributed by atoms with Gasteiger partial charge in [0.2, 0.25) is 5.91 Å². The highest BCUT2D eigenvalue weighted by Gasteiger charge is 2.21. The van der Waals surface area contributed by atoms with E-state index in [0.29, 0.717) is 33.2 Å². The summed E-state index contributed by atoms with van der Waals surface area (Å²) in [6.07, 6.45) is 0. The van der Waals surface area contributed by atoms with Gasteiger partial charge in [0.25, 0.3) is 5.56 Å². The van der Waals surface area contributed by atoms with E-state index < -0.39 is 5.25 Å². The minimum Gasteiger partial charge on any atom is -0.325 e. The second kappa shape index (κ2) is 8.05. The molecular formula is C20H22FN3O2S2. The van der Waals surface area contributed by atoms with Gasteiger partial charge in [-0.2, -0.15) is 0 Å². The second-order valence-corrected chi connectivity index (χ2v) is 9.13. The Hall–Kier alpha value is -2.19. The van der Waals surface area contributed by atoms with Gasteiger partial charge < -0.3 is 5.32 Å². The Morgan fingerprint density at radius 2 is 2.07 bits per heavy atom. The molecule has 0 saturated carbocycles. The summed E-state index contributed by atoms with van der Waals surface area (Å²) in [6, 6.07) is 4.58. The van der Waals surface area contributed by atoms with Crippen LogP contribution in [-0.4, -0.2) is 20.7 Å². The van der Waals surface area contributed by atoms with Crippen LogP contribution in [0.1, 0.15) is 29.9 Å². The van der Waals surface area contributed by atoms with E-state index in [-0.39, 0.29) is 17.3 Å². The average molecular weight is 420 g/mol. The lowest BCUT2D eigenvalue weighted by atomic mass is 10.2. The predicted molar refractivity (Wildman–Crippen MR) is 114 cm³/mol. The second-order valence-electron chi connectivity index (χ2n) is 6.62. The molecule has 0 spiro atoms. The highest BCUT2D eigenvalue weighted by Crippen LogP contribution is 2.30. The van der Waals surface area contributed by atoms with Crippen molar-refractivity contribution in [2.75, 3.05) is 5.32 Å². The zero-order valence-corrected chi connectivity index (χ0v) is 18.1. The maximum Gasteiger partial charge on any atom is 0.263 e. The summed E-state index contributed by atoms with van der Waals surface area (Å²) in [4.78, 5) is 31.9. The van der Waals surface area contributed by atoms with E-state index in [9.17, 15) is 14.0 Å². The molecule has 0 bridgehead atoms. The Balaban J connectivity index is 1.87. The SMILES string of the molecule is CCn1c(S[C@H](C)C(=O)Nc2ccc(C)c(F)c2)nc2sc(C)c(C)c2c1=O. The van der Waals surface area contributed by atoms with Crippen molar-refractivity contribution in [3.05, 3.63) is 50.4 Å². The van der Waals surface area contributed by atoms with E-state index >= 15 is 0 Å². The Labute approximate surface area is 171 Å². The highest BCUT2D eigenvalue weighted by molar-refractivity contribution is 8.00. The van der Waals surface area contributed by atoms with Crippen LogP contribution >= 0.6 is 23.1 Å². The molecule has 0 unspecified atom stereocenters. The van der Waals surface area contributed by atoms with Crippen LogP contribution in [0, 0.1) is 26.6 Å². The fourth-order valence-corrected chi connectivity index (χ4v) is 4.85. The summed E-state index contributed by atoms with van der Waals surface area (Å²) in [5, 5.41) is 3.38. The van der Waals surface area contributed by atoms with Crippen LogP contribution in [0.4, 0.5) is 10.1 Å². The number of carbonyl (C=O) groups is 1. The van der Waals surface area contributed by atoms with Crippen molar-refractivity contribution in [1.29, 1.82) is 0 Å². The molecular weight excluding hydrogens is 397 g/mol. The van der Waals surface area contributed by atoms with E-state index in [2.05, 4.69) is 10.3 Å². The number of rotatable bonds is 5. The van der Waals surface area contributed by atoms with Crippen molar-refractivity contribution >= 4 is 44.9 Å². The third-order valence-corrected chi connectivity index (χ3v) is 6.85. The van der Waals surface area contributed by atoms with Gasteiger partial charge in [0.1, 0.15) is 10.6 Å². The van der Waals surface area contributed by atoms with Gasteiger partial charge in [-0.3, -0.25) is 14.2 Å². The van der Waals surface area contributed by atoms with E-state index in [0.717, 1.165) is 10.4 Å². The van der Waals surface area contributed by atoms with Crippen molar-refractivity contribution in [2.24, 2.45) is 0 Å². The van der Waals surface area contributed by atoms with E-state index in [1.54, 1.807) is 30.5 Å². The molecule has 0 fully saturated rings. The summed E-state index contributed by atoms with van der Waals surface area (Å²) in [5.41, 5.74) is 1.81. The van der Waals surface area contributed by atoms with Crippen LogP contribution in [0.3, 0.4) is 0 Å². The first kappa shape index (κ1) is 20.5. The van der Waals surface area contributed by atoms with E-state index in [1.807, 2.05) is 20.8 Å². The van der Waals surface area contributed by atoms with E-state index in [1.165, 1.54) is 29.2 Å². The molecule has 5 nitrogen and oxygen atoms in total. The first-order valence-electron chi connectivity index (χ1n) is 8.97. The molecule has 28 heavy (non-hydrogen) atoms. The number of carbonyl (C=O) groups excluding carboxylic acids is 1. The van der Waals surface area contributed by atoms with Crippen LogP contribution in [0.2, 0.25) is 0 Å². The van der Waals surface area contributed by atoms with Gasteiger partial charge in [0, 0.05) is 17.1 Å². The number of fused-ring (bicyclic) bond motifs is 1. The summed E-state index contributed by atoms with van der Waals surface area (Å²) < 4.78 is 15.3. The first-order valence-corrected chi connectivity index (χ1v) is 10.7. The highest BCUT2D eigenvalue weighted by atomic mass is 32.2. The number of hydrogen-bond acceptors (Lipinski definition) is 5. The zero-order chi connectivity index (χ0) is 20.6. The summed E-state index contributed by atoms with van der Waals surface area (Å²) in [5.74, 6) is -0.641. The number of benzene rings is 1. The van der Waals surface area contributed by atoms with Crippen molar-refractivity contribution in [3.8, 4) is 0 Å². The lowest BCUT2D eigenvalue weighted by Gasteiger charge is -2.15. The average Bonchev–Trinajstić information content (AvgIpc) is 2.92. The minimum absolute atomic E-state index is 0.0786.